The molecule has 0 saturated carbocycles. The first-order chi connectivity index (χ1) is 10.1. The number of aryl methyl sites for hydroxylation is 2. The molecule has 1 fully saturated rings. The minimum Gasteiger partial charge on any atom is -0.378 e. The molecule has 1 atom stereocenters. The van der Waals surface area contributed by atoms with Crippen molar-refractivity contribution in [3.05, 3.63) is 34.1 Å². The van der Waals surface area contributed by atoms with Gasteiger partial charge in [0.15, 0.2) is 0 Å². The van der Waals surface area contributed by atoms with E-state index in [0.717, 1.165) is 36.8 Å². The van der Waals surface area contributed by atoms with Crippen LogP contribution in [0.25, 0.3) is 0 Å². The Hall–Kier alpha value is -1.37. The van der Waals surface area contributed by atoms with Gasteiger partial charge in [0.25, 0.3) is 0 Å². The van der Waals surface area contributed by atoms with E-state index in [4.69, 9.17) is 16.3 Å². The third kappa shape index (κ3) is 2.71. The van der Waals surface area contributed by atoms with Crippen LogP contribution in [0.5, 0.6) is 0 Å². The SMILES string of the molecule is Cc1n[nH]c(C)c1C1COCCN1Cc1cnc(Cl)n1C. The summed E-state index contributed by atoms with van der Waals surface area (Å²) in [7, 11) is 1.94. The zero-order chi connectivity index (χ0) is 15.0. The number of rotatable bonds is 3. The normalized spacial score (nSPS) is 20.1. The van der Waals surface area contributed by atoms with Gasteiger partial charge >= 0.3 is 0 Å². The number of ether oxygens (including phenoxy) is 1. The van der Waals surface area contributed by atoms with Crippen LogP contribution in [0.1, 0.15) is 28.7 Å². The van der Waals surface area contributed by atoms with E-state index >= 15 is 0 Å². The molecule has 0 amide bonds. The van der Waals surface area contributed by atoms with Crippen molar-refractivity contribution in [2.75, 3.05) is 19.8 Å². The van der Waals surface area contributed by atoms with E-state index in [1.165, 1.54) is 5.56 Å². The average molecular weight is 310 g/mol. The molecule has 114 valence electrons. The number of nitrogens with one attached hydrogen (secondary N) is 1. The fourth-order valence-electron chi connectivity index (χ4n) is 2.92. The quantitative estimate of drug-likeness (QED) is 0.942. The van der Waals surface area contributed by atoms with Crippen molar-refractivity contribution in [2.24, 2.45) is 7.05 Å². The molecule has 3 rings (SSSR count). The molecule has 21 heavy (non-hydrogen) atoms. The first-order valence-electron chi connectivity index (χ1n) is 7.07. The summed E-state index contributed by atoms with van der Waals surface area (Å²) in [5, 5.41) is 7.89. The van der Waals surface area contributed by atoms with Crippen LogP contribution in [0.2, 0.25) is 5.28 Å². The van der Waals surface area contributed by atoms with E-state index in [-0.39, 0.29) is 6.04 Å². The molecule has 1 saturated heterocycles. The van der Waals surface area contributed by atoms with Crippen molar-refractivity contribution in [3.8, 4) is 0 Å². The molecule has 0 spiro atoms. The van der Waals surface area contributed by atoms with Gasteiger partial charge in [0.2, 0.25) is 5.28 Å². The number of H-pyrrole nitrogens is 1. The van der Waals surface area contributed by atoms with Crippen LogP contribution < -0.4 is 0 Å². The van der Waals surface area contributed by atoms with E-state index in [1.807, 2.05) is 24.7 Å². The maximum absolute atomic E-state index is 6.03. The monoisotopic (exact) mass is 309 g/mol. The summed E-state index contributed by atoms with van der Waals surface area (Å²) in [6, 6.07) is 0.214. The van der Waals surface area contributed by atoms with Crippen molar-refractivity contribution in [3.63, 3.8) is 0 Å². The third-order valence-corrected chi connectivity index (χ3v) is 4.50. The summed E-state index contributed by atoms with van der Waals surface area (Å²) in [5.41, 5.74) is 4.49. The Morgan fingerprint density at radius 2 is 2.29 bits per heavy atom. The molecule has 0 radical (unpaired) electrons. The maximum Gasteiger partial charge on any atom is 0.202 e. The second-order valence-corrected chi connectivity index (χ2v) is 5.82. The summed E-state index contributed by atoms with van der Waals surface area (Å²) < 4.78 is 7.61. The average Bonchev–Trinajstić information content (AvgIpc) is 2.97. The number of hydrogen-bond acceptors (Lipinski definition) is 4. The van der Waals surface area contributed by atoms with Gasteiger partial charge in [0, 0.05) is 31.4 Å². The second kappa shape index (κ2) is 5.79. The molecular weight excluding hydrogens is 290 g/mol. The van der Waals surface area contributed by atoms with Gasteiger partial charge in [-0.3, -0.25) is 10.00 Å². The summed E-state index contributed by atoms with van der Waals surface area (Å²) in [5.74, 6) is 0. The van der Waals surface area contributed by atoms with Crippen LogP contribution in [-0.4, -0.2) is 44.4 Å². The molecule has 6 nitrogen and oxygen atoms in total. The highest BCUT2D eigenvalue weighted by atomic mass is 35.5. The molecule has 1 aliphatic rings. The highest BCUT2D eigenvalue weighted by Gasteiger charge is 2.29. The largest absolute Gasteiger partial charge is 0.378 e. The number of aromatic nitrogens is 4. The van der Waals surface area contributed by atoms with E-state index in [1.54, 1.807) is 0 Å². The van der Waals surface area contributed by atoms with Gasteiger partial charge in [0.05, 0.1) is 36.8 Å². The molecule has 2 aromatic rings. The molecule has 7 heteroatoms. The summed E-state index contributed by atoms with van der Waals surface area (Å²) in [6.07, 6.45) is 1.84. The predicted octanol–water partition coefficient (Wildman–Crippen LogP) is 1.99. The van der Waals surface area contributed by atoms with Crippen LogP contribution in [0.4, 0.5) is 0 Å². The maximum atomic E-state index is 6.03. The molecule has 2 aromatic heterocycles. The topological polar surface area (TPSA) is 59.0 Å². The smallest absolute Gasteiger partial charge is 0.202 e. The predicted molar refractivity (Wildman–Crippen MR) is 80.2 cm³/mol. The standard InChI is InChI=1S/C14H20ClN5O/c1-9-13(10(2)18-17-9)12-8-21-5-4-20(12)7-11-6-16-14(15)19(11)3/h6,12H,4-5,7-8H2,1-3H3,(H,17,18). The third-order valence-electron chi connectivity index (χ3n) is 4.15. The van der Waals surface area contributed by atoms with Crippen molar-refractivity contribution in [2.45, 2.75) is 26.4 Å². The zero-order valence-corrected chi connectivity index (χ0v) is 13.3. The van der Waals surface area contributed by atoms with Crippen LogP contribution in [0, 0.1) is 13.8 Å². The highest BCUT2D eigenvalue weighted by molar-refractivity contribution is 6.28. The van der Waals surface area contributed by atoms with E-state index in [9.17, 15) is 0 Å². The Morgan fingerprint density at radius 3 is 2.90 bits per heavy atom. The Morgan fingerprint density at radius 1 is 1.48 bits per heavy atom. The molecule has 0 aromatic carbocycles. The number of halogens is 1. The van der Waals surface area contributed by atoms with Gasteiger partial charge in [-0.25, -0.2) is 4.98 Å². The first kappa shape index (κ1) is 14.6. The van der Waals surface area contributed by atoms with Crippen molar-refractivity contribution < 1.29 is 4.74 Å². The van der Waals surface area contributed by atoms with Gasteiger partial charge in [-0.2, -0.15) is 5.10 Å². The molecule has 1 aliphatic heterocycles. The van der Waals surface area contributed by atoms with Gasteiger partial charge in [-0.05, 0) is 25.4 Å². The van der Waals surface area contributed by atoms with E-state index in [2.05, 4.69) is 27.0 Å². The lowest BCUT2D eigenvalue weighted by molar-refractivity contribution is -0.0140. The number of hydrogen-bond donors (Lipinski definition) is 1. The van der Waals surface area contributed by atoms with Crippen LogP contribution >= 0.6 is 11.6 Å². The van der Waals surface area contributed by atoms with Gasteiger partial charge in [-0.15, -0.1) is 0 Å². The van der Waals surface area contributed by atoms with Crippen LogP contribution in [-0.2, 0) is 18.3 Å². The van der Waals surface area contributed by atoms with Crippen LogP contribution in [0.15, 0.2) is 6.20 Å². The molecular formula is C14H20ClN5O. The number of imidazole rings is 1. The van der Waals surface area contributed by atoms with Gasteiger partial charge < -0.3 is 9.30 Å². The number of aromatic amines is 1. The lowest BCUT2D eigenvalue weighted by Crippen LogP contribution is -2.39. The van der Waals surface area contributed by atoms with E-state index < -0.39 is 0 Å². The fraction of sp³-hybridized carbons (Fsp3) is 0.571. The minimum absolute atomic E-state index is 0.214. The molecule has 0 bridgehead atoms. The Bertz CT molecular complexity index is 616. The molecule has 1 unspecified atom stereocenters. The summed E-state index contributed by atoms with van der Waals surface area (Å²) >= 11 is 6.03. The van der Waals surface area contributed by atoms with Crippen molar-refractivity contribution in [1.29, 1.82) is 0 Å². The molecule has 0 aliphatic carbocycles. The number of nitrogens with zero attached hydrogens (tertiary/aromatic N) is 4. The van der Waals surface area contributed by atoms with Gasteiger partial charge in [-0.1, -0.05) is 0 Å². The highest BCUT2D eigenvalue weighted by Crippen LogP contribution is 2.29. The summed E-state index contributed by atoms with van der Waals surface area (Å²) in [4.78, 5) is 6.56. The zero-order valence-electron chi connectivity index (χ0n) is 12.6. The molecule has 3 heterocycles. The Labute approximate surface area is 129 Å². The lowest BCUT2D eigenvalue weighted by Gasteiger charge is -2.35. The van der Waals surface area contributed by atoms with E-state index in [0.29, 0.717) is 11.9 Å². The fourth-order valence-corrected chi connectivity index (χ4v) is 3.08. The Kier molecular flexibility index (Phi) is 4.01. The number of morpholine rings is 1. The minimum atomic E-state index is 0.214. The Balaban J connectivity index is 1.87. The first-order valence-corrected chi connectivity index (χ1v) is 7.45. The second-order valence-electron chi connectivity index (χ2n) is 5.49. The summed E-state index contributed by atoms with van der Waals surface area (Å²) in [6.45, 7) is 7.21. The molecule has 1 N–H and O–H groups in total. The van der Waals surface area contributed by atoms with Crippen molar-refractivity contribution >= 4 is 11.6 Å². The van der Waals surface area contributed by atoms with Gasteiger partial charge in [0.1, 0.15) is 0 Å². The lowest BCUT2D eigenvalue weighted by atomic mass is 10.0. The van der Waals surface area contributed by atoms with Crippen molar-refractivity contribution in [1.82, 2.24) is 24.6 Å². The van der Waals surface area contributed by atoms with Crippen LogP contribution in [0.3, 0.4) is 0 Å².